The van der Waals surface area contributed by atoms with Gasteiger partial charge in [-0.25, -0.2) is 4.39 Å². The molecule has 6 nitrogen and oxygen atoms in total. The number of aliphatic imine (C=N–C) groups is 1. The van der Waals surface area contributed by atoms with Gasteiger partial charge in [-0.2, -0.15) is 0 Å². The van der Waals surface area contributed by atoms with Gasteiger partial charge >= 0.3 is 0 Å². The molecule has 3 N–H and O–H groups in total. The van der Waals surface area contributed by atoms with Gasteiger partial charge in [0.1, 0.15) is 11.6 Å². The fourth-order valence-corrected chi connectivity index (χ4v) is 3.55. The van der Waals surface area contributed by atoms with Crippen LogP contribution in [0, 0.1) is 5.82 Å². The van der Waals surface area contributed by atoms with Crippen LogP contribution in [0.3, 0.4) is 0 Å². The maximum absolute atomic E-state index is 13.7. The third kappa shape index (κ3) is 4.61. The summed E-state index contributed by atoms with van der Waals surface area (Å²) in [7, 11) is 0. The van der Waals surface area contributed by atoms with Crippen LogP contribution in [0.15, 0.2) is 17.1 Å². The van der Waals surface area contributed by atoms with E-state index in [1.165, 1.54) is 25.0 Å². The van der Waals surface area contributed by atoms with E-state index in [1.807, 2.05) is 0 Å². The quantitative estimate of drug-likeness (QED) is 0.603. The molecule has 0 spiro atoms. The molecule has 0 bridgehead atoms. The van der Waals surface area contributed by atoms with E-state index >= 15 is 0 Å². The minimum Gasteiger partial charge on any atom is -0.467 e. The number of ether oxygens (including phenoxy) is 2. The molecule has 1 fully saturated rings. The monoisotopic (exact) mass is 350 g/mol. The minimum absolute atomic E-state index is 0.206. The normalized spacial score (nSPS) is 21.0. The molecule has 0 radical (unpaired) electrons. The van der Waals surface area contributed by atoms with Crippen molar-refractivity contribution in [3.05, 3.63) is 29.1 Å². The van der Waals surface area contributed by atoms with Crippen molar-refractivity contribution in [2.75, 3.05) is 33.0 Å². The van der Waals surface area contributed by atoms with E-state index < -0.39 is 0 Å². The number of rotatable bonds is 6. The van der Waals surface area contributed by atoms with Crippen LogP contribution in [0.2, 0.25) is 0 Å². The molecule has 25 heavy (non-hydrogen) atoms. The Morgan fingerprint density at radius 1 is 1.48 bits per heavy atom. The Labute approximate surface area is 148 Å². The second-order valence-corrected chi connectivity index (χ2v) is 6.49. The van der Waals surface area contributed by atoms with E-state index in [2.05, 4.69) is 22.1 Å². The number of nitrogens with zero attached hydrogens (tertiary/aromatic N) is 2. The van der Waals surface area contributed by atoms with Gasteiger partial charge in [-0.1, -0.05) is 6.92 Å². The van der Waals surface area contributed by atoms with E-state index in [0.29, 0.717) is 31.6 Å². The molecule has 138 valence electrons. The Morgan fingerprint density at radius 2 is 2.36 bits per heavy atom. The number of nitrogens with one attached hydrogen (secondary N) is 1. The molecule has 2 aliphatic rings. The summed E-state index contributed by atoms with van der Waals surface area (Å²) in [6.45, 7) is 6.28. The standard InChI is InChI=1S/C18H27FN4O2/c1-2-23-7-3-4-16(23)10-22-18(20)21-6-5-13-8-15(19)9-14-11-24-12-25-17(13)14/h8-9,16H,2-7,10-12H2,1H3,(H3,20,21,22). The fourth-order valence-electron chi connectivity index (χ4n) is 3.55. The average molecular weight is 350 g/mol. The predicted octanol–water partition coefficient (Wildman–Crippen LogP) is 1.62. The molecular formula is C18H27FN4O2. The molecule has 0 saturated carbocycles. The predicted molar refractivity (Wildman–Crippen MR) is 95.1 cm³/mol. The van der Waals surface area contributed by atoms with Gasteiger partial charge in [-0.05, 0) is 50.0 Å². The van der Waals surface area contributed by atoms with Crippen LogP contribution in [0.4, 0.5) is 4.39 Å². The number of guanidine groups is 1. The largest absolute Gasteiger partial charge is 0.467 e. The summed E-state index contributed by atoms with van der Waals surface area (Å²) >= 11 is 0. The summed E-state index contributed by atoms with van der Waals surface area (Å²) in [4.78, 5) is 6.90. The van der Waals surface area contributed by atoms with Crippen molar-refractivity contribution < 1.29 is 13.9 Å². The van der Waals surface area contributed by atoms with E-state index in [0.717, 1.165) is 36.5 Å². The van der Waals surface area contributed by atoms with E-state index in [1.54, 1.807) is 0 Å². The van der Waals surface area contributed by atoms with Gasteiger partial charge in [-0.3, -0.25) is 9.89 Å². The van der Waals surface area contributed by atoms with Gasteiger partial charge < -0.3 is 20.5 Å². The second kappa shape index (κ2) is 8.49. The molecule has 2 heterocycles. The van der Waals surface area contributed by atoms with Crippen LogP contribution in [-0.2, 0) is 17.8 Å². The zero-order valence-corrected chi connectivity index (χ0v) is 14.8. The summed E-state index contributed by atoms with van der Waals surface area (Å²) in [6.07, 6.45) is 3.02. The lowest BCUT2D eigenvalue weighted by atomic mass is 10.1. The van der Waals surface area contributed by atoms with Crippen molar-refractivity contribution >= 4 is 5.96 Å². The van der Waals surface area contributed by atoms with Crippen molar-refractivity contribution in [2.24, 2.45) is 10.7 Å². The summed E-state index contributed by atoms with van der Waals surface area (Å²) in [6, 6.07) is 3.47. The Kier molecular flexibility index (Phi) is 6.09. The highest BCUT2D eigenvalue weighted by molar-refractivity contribution is 5.77. The molecule has 0 amide bonds. The van der Waals surface area contributed by atoms with Crippen molar-refractivity contribution in [1.29, 1.82) is 0 Å². The third-order valence-electron chi connectivity index (χ3n) is 4.83. The van der Waals surface area contributed by atoms with Gasteiger partial charge in [0.2, 0.25) is 0 Å². The second-order valence-electron chi connectivity index (χ2n) is 6.49. The number of likely N-dealkylation sites (N-methyl/N-ethyl adjacent to an activating group) is 1. The smallest absolute Gasteiger partial charge is 0.189 e. The third-order valence-corrected chi connectivity index (χ3v) is 4.83. The highest BCUT2D eigenvalue weighted by atomic mass is 19.1. The first-order chi connectivity index (χ1) is 12.2. The van der Waals surface area contributed by atoms with Gasteiger partial charge in [0.25, 0.3) is 0 Å². The average Bonchev–Trinajstić information content (AvgIpc) is 3.07. The lowest BCUT2D eigenvalue weighted by molar-refractivity contribution is -0.0172. The first-order valence-corrected chi connectivity index (χ1v) is 8.97. The lowest BCUT2D eigenvalue weighted by Gasteiger charge is -2.21. The summed E-state index contributed by atoms with van der Waals surface area (Å²) < 4.78 is 24.4. The Morgan fingerprint density at radius 3 is 3.20 bits per heavy atom. The van der Waals surface area contributed by atoms with Gasteiger partial charge in [-0.15, -0.1) is 0 Å². The van der Waals surface area contributed by atoms with Crippen molar-refractivity contribution in [2.45, 2.75) is 38.8 Å². The van der Waals surface area contributed by atoms with E-state index in [4.69, 9.17) is 15.2 Å². The van der Waals surface area contributed by atoms with Crippen LogP contribution in [-0.4, -0.2) is 49.9 Å². The molecule has 1 atom stereocenters. The Bertz CT molecular complexity index is 623. The van der Waals surface area contributed by atoms with Gasteiger partial charge in [0.05, 0.1) is 13.2 Å². The number of benzene rings is 1. The lowest BCUT2D eigenvalue weighted by Crippen LogP contribution is -2.36. The van der Waals surface area contributed by atoms with E-state index in [9.17, 15) is 4.39 Å². The molecule has 2 aliphatic heterocycles. The van der Waals surface area contributed by atoms with Crippen LogP contribution in [0.1, 0.15) is 30.9 Å². The minimum atomic E-state index is -0.273. The van der Waals surface area contributed by atoms with Crippen molar-refractivity contribution in [3.8, 4) is 5.75 Å². The summed E-state index contributed by atoms with van der Waals surface area (Å²) in [5, 5.41) is 3.11. The summed E-state index contributed by atoms with van der Waals surface area (Å²) in [5.74, 6) is 0.900. The van der Waals surface area contributed by atoms with Crippen molar-refractivity contribution in [3.63, 3.8) is 0 Å². The number of hydrogen-bond acceptors (Lipinski definition) is 4. The topological polar surface area (TPSA) is 72.1 Å². The highest BCUT2D eigenvalue weighted by Crippen LogP contribution is 2.29. The van der Waals surface area contributed by atoms with E-state index in [-0.39, 0.29) is 12.6 Å². The number of fused-ring (bicyclic) bond motifs is 1. The number of hydrogen-bond donors (Lipinski definition) is 2. The van der Waals surface area contributed by atoms with Crippen LogP contribution in [0.25, 0.3) is 0 Å². The zero-order valence-electron chi connectivity index (χ0n) is 14.8. The van der Waals surface area contributed by atoms with Gasteiger partial charge in [0, 0.05) is 18.2 Å². The first kappa shape index (κ1) is 17.9. The number of nitrogens with two attached hydrogens (primary N) is 1. The molecule has 0 aliphatic carbocycles. The SMILES string of the molecule is CCN1CCCC1CN=C(N)NCCc1cc(F)cc2c1OCOC2. The number of likely N-dealkylation sites (tertiary alicyclic amines) is 1. The Hall–Kier alpha value is -1.86. The number of halogens is 1. The van der Waals surface area contributed by atoms with Gasteiger partial charge in [0.15, 0.2) is 12.8 Å². The molecule has 1 aromatic carbocycles. The fraction of sp³-hybridized carbons (Fsp3) is 0.611. The molecule has 3 rings (SSSR count). The maximum Gasteiger partial charge on any atom is 0.189 e. The van der Waals surface area contributed by atoms with Crippen LogP contribution >= 0.6 is 0 Å². The Balaban J connectivity index is 1.51. The zero-order chi connectivity index (χ0) is 17.6. The molecule has 7 heteroatoms. The highest BCUT2D eigenvalue weighted by Gasteiger charge is 2.22. The molecule has 1 saturated heterocycles. The molecule has 1 unspecified atom stereocenters. The summed E-state index contributed by atoms with van der Waals surface area (Å²) in [5.41, 5.74) is 7.54. The van der Waals surface area contributed by atoms with Crippen LogP contribution < -0.4 is 15.8 Å². The molecule has 0 aromatic heterocycles. The molecular weight excluding hydrogens is 323 g/mol. The van der Waals surface area contributed by atoms with Crippen molar-refractivity contribution in [1.82, 2.24) is 10.2 Å². The maximum atomic E-state index is 13.7. The molecule has 1 aromatic rings. The van der Waals surface area contributed by atoms with Crippen LogP contribution in [0.5, 0.6) is 5.75 Å². The first-order valence-electron chi connectivity index (χ1n) is 8.97.